The number of hydrogen-bond acceptors (Lipinski definition) is 4. The number of nitrogens with zero attached hydrogens (tertiary/aromatic N) is 3. The molecule has 108 valence electrons. The summed E-state index contributed by atoms with van der Waals surface area (Å²) in [7, 11) is 1.95. The Kier molecular flexibility index (Phi) is 3.83. The van der Waals surface area contributed by atoms with Crippen LogP contribution in [0.2, 0.25) is 0 Å². The molecule has 5 heteroatoms. The first kappa shape index (κ1) is 13.6. The van der Waals surface area contributed by atoms with Gasteiger partial charge >= 0.3 is 0 Å². The van der Waals surface area contributed by atoms with Gasteiger partial charge in [0.25, 0.3) is 0 Å². The fourth-order valence-electron chi connectivity index (χ4n) is 2.50. The predicted molar refractivity (Wildman–Crippen MR) is 81.5 cm³/mol. The third kappa shape index (κ3) is 2.60. The van der Waals surface area contributed by atoms with E-state index in [0.717, 1.165) is 16.8 Å². The van der Waals surface area contributed by atoms with Crippen molar-refractivity contribution in [2.75, 3.05) is 13.7 Å². The fraction of sp³-hybridized carbons (Fsp3) is 0.250. The number of rotatable bonds is 5. The van der Waals surface area contributed by atoms with Crippen molar-refractivity contribution in [3.63, 3.8) is 0 Å². The number of nitrogens with one attached hydrogen (secondary N) is 1. The van der Waals surface area contributed by atoms with Crippen molar-refractivity contribution >= 4 is 5.52 Å². The van der Waals surface area contributed by atoms with E-state index >= 15 is 0 Å². The zero-order chi connectivity index (χ0) is 14.7. The maximum Gasteiger partial charge on any atom is 0.119 e. The molecule has 2 heterocycles. The lowest BCUT2D eigenvalue weighted by Crippen LogP contribution is -2.17. The fourth-order valence-corrected chi connectivity index (χ4v) is 2.50. The van der Waals surface area contributed by atoms with E-state index in [0.29, 0.717) is 6.61 Å². The first-order chi connectivity index (χ1) is 10.3. The van der Waals surface area contributed by atoms with Gasteiger partial charge in [-0.05, 0) is 31.7 Å². The van der Waals surface area contributed by atoms with Gasteiger partial charge in [-0.1, -0.05) is 12.1 Å². The summed E-state index contributed by atoms with van der Waals surface area (Å²) in [5, 5.41) is 7.71. The van der Waals surface area contributed by atoms with Crippen LogP contribution < -0.4 is 10.1 Å². The highest BCUT2D eigenvalue weighted by Crippen LogP contribution is 2.26. The molecular formula is C16H18N4O. The zero-order valence-electron chi connectivity index (χ0n) is 12.2. The van der Waals surface area contributed by atoms with Crippen LogP contribution in [0.5, 0.6) is 5.75 Å². The van der Waals surface area contributed by atoms with Crippen molar-refractivity contribution in [2.24, 2.45) is 0 Å². The van der Waals surface area contributed by atoms with Crippen LogP contribution in [0.25, 0.3) is 5.52 Å². The molecule has 0 amide bonds. The van der Waals surface area contributed by atoms with Crippen molar-refractivity contribution in [2.45, 2.75) is 13.0 Å². The predicted octanol–water partition coefficient (Wildman–Crippen LogP) is 2.44. The van der Waals surface area contributed by atoms with Gasteiger partial charge in [-0.15, -0.1) is 0 Å². The molecule has 0 aliphatic carbocycles. The first-order valence-electron chi connectivity index (χ1n) is 7.00. The molecule has 0 radical (unpaired) electrons. The lowest BCUT2D eigenvalue weighted by molar-refractivity contribution is 0.340. The molecule has 21 heavy (non-hydrogen) atoms. The molecule has 0 bridgehead atoms. The van der Waals surface area contributed by atoms with Crippen LogP contribution in [0.15, 0.2) is 49.1 Å². The van der Waals surface area contributed by atoms with E-state index in [9.17, 15) is 0 Å². The summed E-state index contributed by atoms with van der Waals surface area (Å²) in [5.41, 5.74) is 3.28. The second kappa shape index (κ2) is 5.93. The Morgan fingerprint density at radius 3 is 2.76 bits per heavy atom. The molecule has 0 fully saturated rings. The summed E-state index contributed by atoms with van der Waals surface area (Å²) in [5.74, 6) is 0.887. The van der Waals surface area contributed by atoms with Crippen molar-refractivity contribution in [3.8, 4) is 5.75 Å². The minimum absolute atomic E-state index is 0.0716. The summed E-state index contributed by atoms with van der Waals surface area (Å²) >= 11 is 0. The molecule has 0 saturated carbocycles. The van der Waals surface area contributed by atoms with Crippen molar-refractivity contribution in [1.29, 1.82) is 0 Å². The quantitative estimate of drug-likeness (QED) is 0.781. The summed E-state index contributed by atoms with van der Waals surface area (Å²) in [6.45, 7) is 2.66. The molecule has 2 aromatic heterocycles. The van der Waals surface area contributed by atoms with E-state index < -0.39 is 0 Å². The molecule has 3 rings (SSSR count). The molecule has 1 aromatic carbocycles. The molecule has 5 nitrogen and oxygen atoms in total. The van der Waals surface area contributed by atoms with Crippen LogP contribution >= 0.6 is 0 Å². The molecule has 1 unspecified atom stereocenters. The van der Waals surface area contributed by atoms with E-state index in [1.807, 2.05) is 49.2 Å². The average molecular weight is 282 g/mol. The third-order valence-electron chi connectivity index (χ3n) is 3.48. The largest absolute Gasteiger partial charge is 0.494 e. The SMILES string of the molecule is CCOc1ccc(C(NC)c2cnn3ccncc23)cc1. The molecule has 0 spiro atoms. The van der Waals surface area contributed by atoms with Crippen LogP contribution in [-0.4, -0.2) is 28.3 Å². The van der Waals surface area contributed by atoms with E-state index in [1.54, 1.807) is 6.20 Å². The van der Waals surface area contributed by atoms with Gasteiger partial charge in [0.15, 0.2) is 0 Å². The molecular weight excluding hydrogens is 264 g/mol. The highest BCUT2D eigenvalue weighted by molar-refractivity contribution is 5.55. The maximum atomic E-state index is 5.49. The van der Waals surface area contributed by atoms with Crippen LogP contribution in [0, 0.1) is 0 Å². The van der Waals surface area contributed by atoms with Gasteiger partial charge in [-0.2, -0.15) is 5.10 Å². The van der Waals surface area contributed by atoms with Crippen LogP contribution in [-0.2, 0) is 0 Å². The lowest BCUT2D eigenvalue weighted by Gasteiger charge is -2.16. The van der Waals surface area contributed by atoms with Crippen LogP contribution in [0.1, 0.15) is 24.1 Å². The number of aromatic nitrogens is 3. The number of fused-ring (bicyclic) bond motifs is 1. The Balaban J connectivity index is 1.97. The standard InChI is InChI=1S/C16H18N4O/c1-3-21-13-6-4-12(5-7-13)16(17-2)14-10-19-20-9-8-18-11-15(14)20/h4-11,16-17H,3H2,1-2H3. The third-order valence-corrected chi connectivity index (χ3v) is 3.48. The van der Waals surface area contributed by atoms with E-state index in [4.69, 9.17) is 4.74 Å². The maximum absolute atomic E-state index is 5.49. The van der Waals surface area contributed by atoms with Gasteiger partial charge in [0.05, 0.1) is 30.6 Å². The summed E-state index contributed by atoms with van der Waals surface area (Å²) in [6, 6.07) is 8.21. The topological polar surface area (TPSA) is 51.5 Å². The Bertz CT molecular complexity index is 720. The molecule has 0 aliphatic heterocycles. The Morgan fingerprint density at radius 1 is 1.24 bits per heavy atom. The van der Waals surface area contributed by atoms with Gasteiger partial charge in [-0.25, -0.2) is 4.52 Å². The van der Waals surface area contributed by atoms with Crippen LogP contribution in [0.4, 0.5) is 0 Å². The van der Waals surface area contributed by atoms with E-state index in [1.165, 1.54) is 5.56 Å². The van der Waals surface area contributed by atoms with Gasteiger partial charge in [0.2, 0.25) is 0 Å². The summed E-state index contributed by atoms with van der Waals surface area (Å²) in [6.07, 6.45) is 7.30. The first-order valence-corrected chi connectivity index (χ1v) is 7.00. The minimum Gasteiger partial charge on any atom is -0.494 e. The monoisotopic (exact) mass is 282 g/mol. The molecule has 0 saturated heterocycles. The Hall–Kier alpha value is -2.40. The molecule has 3 aromatic rings. The average Bonchev–Trinajstić information content (AvgIpc) is 2.94. The van der Waals surface area contributed by atoms with Gasteiger partial charge < -0.3 is 10.1 Å². The number of benzene rings is 1. The number of hydrogen-bond donors (Lipinski definition) is 1. The minimum atomic E-state index is 0.0716. The second-order valence-electron chi connectivity index (χ2n) is 4.73. The highest BCUT2D eigenvalue weighted by atomic mass is 16.5. The lowest BCUT2D eigenvalue weighted by atomic mass is 10.0. The van der Waals surface area contributed by atoms with E-state index in [-0.39, 0.29) is 6.04 Å². The molecule has 1 atom stereocenters. The summed E-state index contributed by atoms with van der Waals surface area (Å²) in [4.78, 5) is 4.19. The summed E-state index contributed by atoms with van der Waals surface area (Å²) < 4.78 is 7.32. The highest BCUT2D eigenvalue weighted by Gasteiger charge is 2.16. The number of ether oxygens (including phenoxy) is 1. The Labute approximate surface area is 123 Å². The molecule has 0 aliphatic rings. The van der Waals surface area contributed by atoms with Crippen LogP contribution in [0.3, 0.4) is 0 Å². The second-order valence-corrected chi connectivity index (χ2v) is 4.73. The Morgan fingerprint density at radius 2 is 2.05 bits per heavy atom. The van der Waals surface area contributed by atoms with E-state index in [2.05, 4.69) is 27.5 Å². The van der Waals surface area contributed by atoms with Gasteiger partial charge in [-0.3, -0.25) is 4.98 Å². The van der Waals surface area contributed by atoms with Crippen molar-refractivity contribution < 1.29 is 4.74 Å². The van der Waals surface area contributed by atoms with Gasteiger partial charge in [0, 0.05) is 18.0 Å². The zero-order valence-corrected chi connectivity index (χ0v) is 12.2. The van der Waals surface area contributed by atoms with Gasteiger partial charge in [0.1, 0.15) is 5.75 Å². The van der Waals surface area contributed by atoms with Crippen molar-refractivity contribution in [3.05, 3.63) is 60.2 Å². The molecule has 1 N–H and O–H groups in total. The normalized spacial score (nSPS) is 12.5. The van der Waals surface area contributed by atoms with Crippen molar-refractivity contribution in [1.82, 2.24) is 19.9 Å². The smallest absolute Gasteiger partial charge is 0.119 e.